The zero-order valence-corrected chi connectivity index (χ0v) is 6.44. The van der Waals surface area contributed by atoms with Gasteiger partial charge in [0.15, 0.2) is 0 Å². The fourth-order valence-corrected chi connectivity index (χ4v) is 0.959. The highest BCUT2D eigenvalue weighted by atomic mass is 35.5. The molecular weight excluding hydrogens is 152 g/mol. The molecule has 0 bridgehead atoms. The Morgan fingerprint density at radius 1 is 1.70 bits per heavy atom. The highest BCUT2D eigenvalue weighted by molar-refractivity contribution is 6.32. The van der Waals surface area contributed by atoms with Crippen LogP contribution in [0.5, 0.6) is 0 Å². The number of aryl methyl sites for hydroxylation is 2. The highest BCUT2D eigenvalue weighted by Gasteiger charge is 2.09. The molecule has 0 aliphatic rings. The van der Waals surface area contributed by atoms with Gasteiger partial charge in [-0.25, -0.2) is 0 Å². The van der Waals surface area contributed by atoms with Crippen molar-refractivity contribution in [1.29, 1.82) is 0 Å². The first-order valence-electron chi connectivity index (χ1n) is 2.74. The first-order chi connectivity index (χ1) is 4.66. The lowest BCUT2D eigenvalue weighted by atomic mass is 10.3. The Hall–Kier alpha value is -0.830. The van der Waals surface area contributed by atoms with Crippen LogP contribution in [0, 0.1) is 6.92 Å². The van der Waals surface area contributed by atoms with Crippen LogP contribution in [0.2, 0.25) is 5.15 Å². The van der Waals surface area contributed by atoms with Gasteiger partial charge < -0.3 is 0 Å². The number of hydrogen-bond donors (Lipinski definition) is 0. The van der Waals surface area contributed by atoms with Crippen molar-refractivity contribution < 1.29 is 4.79 Å². The molecule has 10 heavy (non-hydrogen) atoms. The Morgan fingerprint density at radius 3 is 2.50 bits per heavy atom. The maximum atomic E-state index is 10.2. The van der Waals surface area contributed by atoms with Gasteiger partial charge >= 0.3 is 0 Å². The van der Waals surface area contributed by atoms with Gasteiger partial charge in [-0.2, -0.15) is 5.10 Å². The van der Waals surface area contributed by atoms with Crippen LogP contribution in [0.15, 0.2) is 0 Å². The summed E-state index contributed by atoms with van der Waals surface area (Å²) in [5.41, 5.74) is 0.965. The Morgan fingerprint density at radius 2 is 2.30 bits per heavy atom. The summed E-state index contributed by atoms with van der Waals surface area (Å²) in [6, 6.07) is 0. The number of hydrogen-bond acceptors (Lipinski definition) is 2. The summed E-state index contributed by atoms with van der Waals surface area (Å²) in [7, 11) is 1.68. The van der Waals surface area contributed by atoms with E-state index < -0.39 is 0 Å². The molecule has 0 saturated carbocycles. The summed E-state index contributed by atoms with van der Waals surface area (Å²) in [5.74, 6) is 0. The van der Waals surface area contributed by atoms with Crippen molar-refractivity contribution in [2.45, 2.75) is 6.92 Å². The monoisotopic (exact) mass is 157 g/mol. The van der Waals surface area contributed by atoms with E-state index in [4.69, 9.17) is 11.6 Å². The minimum Gasteiger partial charge on any atom is -0.285 e. The van der Waals surface area contributed by atoms with Gasteiger partial charge in [0.2, 0.25) is 6.29 Å². The lowest BCUT2D eigenvalue weighted by Crippen LogP contribution is -1.89. The fraction of sp³-hybridized carbons (Fsp3) is 0.333. The first kappa shape index (κ1) is 7.28. The maximum Gasteiger partial charge on any atom is 0.238 e. The van der Waals surface area contributed by atoms with Gasteiger partial charge in [0.25, 0.3) is 0 Å². The van der Waals surface area contributed by atoms with Crippen LogP contribution in [0.1, 0.15) is 11.3 Å². The van der Waals surface area contributed by atoms with E-state index in [1.165, 1.54) is 4.68 Å². The third-order valence-corrected chi connectivity index (χ3v) is 1.69. The molecule has 4 heteroatoms. The number of carbonyl (C=O) groups excluding carboxylic acids is 1. The molecule has 1 rings (SSSR count). The van der Waals surface area contributed by atoms with Crippen molar-refractivity contribution >= 4 is 17.9 Å². The van der Waals surface area contributed by atoms with Crippen LogP contribution < -0.4 is 0 Å². The van der Waals surface area contributed by atoms with Gasteiger partial charge in [-0.1, -0.05) is 11.6 Å². The Labute approximate surface area is 63.6 Å². The van der Waals surface area contributed by atoms with E-state index in [9.17, 15) is 4.79 Å². The van der Waals surface area contributed by atoms with Crippen molar-refractivity contribution in [3.05, 3.63) is 16.4 Å². The molecule has 0 atom stereocenters. The molecule has 0 aliphatic heterocycles. The second-order valence-electron chi connectivity index (χ2n) is 1.98. The first-order valence-corrected chi connectivity index (χ1v) is 3.12. The molecule has 1 aromatic heterocycles. The summed E-state index contributed by atoms with van der Waals surface area (Å²) >= 11 is 5.65. The molecule has 3 nitrogen and oxygen atoms in total. The van der Waals surface area contributed by atoms with Crippen LogP contribution in [0.3, 0.4) is 0 Å². The van der Waals surface area contributed by atoms with Crippen LogP contribution in [0.25, 0.3) is 0 Å². The molecule has 0 unspecified atom stereocenters. The fourth-order valence-electron chi connectivity index (χ4n) is 0.746. The van der Waals surface area contributed by atoms with Gasteiger partial charge in [0.05, 0.1) is 11.3 Å². The largest absolute Gasteiger partial charge is 0.285 e. The van der Waals surface area contributed by atoms with E-state index in [0.717, 1.165) is 0 Å². The van der Waals surface area contributed by atoms with Crippen LogP contribution >= 0.6 is 11.6 Å². The lowest BCUT2D eigenvalue weighted by Gasteiger charge is -1.86. The van der Waals surface area contributed by atoms with E-state index in [1.54, 1.807) is 20.3 Å². The van der Waals surface area contributed by atoms with Crippen molar-refractivity contribution in [1.82, 2.24) is 9.78 Å². The normalized spacial score (nSPS) is 9.90. The van der Waals surface area contributed by atoms with E-state index in [1.807, 2.05) is 0 Å². The van der Waals surface area contributed by atoms with E-state index in [0.29, 0.717) is 16.4 Å². The second-order valence-corrected chi connectivity index (χ2v) is 2.33. The number of aromatic nitrogens is 2. The van der Waals surface area contributed by atoms with Gasteiger partial charge in [0, 0.05) is 7.05 Å². The van der Waals surface area contributed by atoms with Gasteiger partial charge in [-0.05, 0) is 6.92 Å². The summed E-state index contributed by atoms with van der Waals surface area (Å²) in [4.78, 5) is 10.2. The van der Waals surface area contributed by atoms with Crippen LogP contribution in [-0.4, -0.2) is 16.1 Å². The minimum absolute atomic E-state index is 0.340. The predicted octanol–water partition coefficient (Wildman–Crippen LogP) is 0.840. The van der Waals surface area contributed by atoms with E-state index in [-0.39, 0.29) is 0 Å². The topological polar surface area (TPSA) is 34.9 Å². The Balaban J connectivity index is 3.33. The molecule has 0 aromatic carbocycles. The minimum atomic E-state index is 0.340. The van der Waals surface area contributed by atoms with Crippen molar-refractivity contribution in [2.24, 2.45) is 7.05 Å². The molecule has 0 aliphatic carbocycles. The average molecular weight is 158 g/mol. The molecule has 1 heterocycles. The smallest absolute Gasteiger partial charge is 0.238 e. The molecule has 1 aromatic rings. The van der Waals surface area contributed by atoms with Gasteiger partial charge in [0.1, 0.15) is 5.15 Å². The molecule has 0 N–H and O–H groups in total. The number of halogens is 1. The van der Waals surface area contributed by atoms with Crippen molar-refractivity contribution in [3.63, 3.8) is 0 Å². The molecule has 0 fully saturated rings. The average Bonchev–Trinajstić information content (AvgIpc) is 2.09. The van der Waals surface area contributed by atoms with Gasteiger partial charge in [-0.15, -0.1) is 0 Å². The van der Waals surface area contributed by atoms with E-state index in [2.05, 4.69) is 5.10 Å². The Bertz CT molecular complexity index is 267. The standard InChI is InChI=1S/C6H6ClN2O/c1-4-5(3-10)6(7)9(2)8-4/h1-2H3. The zero-order chi connectivity index (χ0) is 7.72. The molecule has 0 saturated heterocycles. The van der Waals surface area contributed by atoms with Gasteiger partial charge in [-0.3, -0.25) is 9.48 Å². The second kappa shape index (κ2) is 2.42. The van der Waals surface area contributed by atoms with Crippen LogP contribution in [-0.2, 0) is 11.8 Å². The molecule has 0 spiro atoms. The molecule has 0 amide bonds. The van der Waals surface area contributed by atoms with Crippen molar-refractivity contribution in [2.75, 3.05) is 0 Å². The summed E-state index contributed by atoms with van der Waals surface area (Å²) in [6.07, 6.45) is 1.72. The lowest BCUT2D eigenvalue weighted by molar-refractivity contribution is 0.562. The van der Waals surface area contributed by atoms with Crippen molar-refractivity contribution in [3.8, 4) is 0 Å². The SMILES string of the molecule is Cc1nn(C)c(Cl)c1[C]=O. The third kappa shape index (κ3) is 0.926. The molecular formula is C6H6ClN2O. The quantitative estimate of drug-likeness (QED) is 0.606. The summed E-state index contributed by atoms with van der Waals surface area (Å²) < 4.78 is 1.44. The van der Waals surface area contributed by atoms with E-state index >= 15 is 0 Å². The maximum absolute atomic E-state index is 10.2. The third-order valence-electron chi connectivity index (χ3n) is 1.25. The number of rotatable bonds is 1. The molecule has 1 radical (unpaired) electrons. The predicted molar refractivity (Wildman–Crippen MR) is 37.8 cm³/mol. The summed E-state index contributed by atoms with van der Waals surface area (Å²) in [5, 5.41) is 4.24. The highest BCUT2D eigenvalue weighted by Crippen LogP contribution is 2.15. The summed E-state index contributed by atoms with van der Waals surface area (Å²) in [6.45, 7) is 1.71. The Kier molecular flexibility index (Phi) is 1.76. The zero-order valence-electron chi connectivity index (χ0n) is 5.68. The number of nitrogens with zero attached hydrogens (tertiary/aromatic N) is 2. The molecule has 53 valence electrons. The van der Waals surface area contributed by atoms with Crippen LogP contribution in [0.4, 0.5) is 0 Å².